The van der Waals surface area contributed by atoms with Crippen LogP contribution in [-0.4, -0.2) is 22.6 Å². The van der Waals surface area contributed by atoms with E-state index in [0.717, 1.165) is 25.7 Å². The van der Waals surface area contributed by atoms with Gasteiger partial charge in [0, 0.05) is 0 Å². The van der Waals surface area contributed by atoms with Gasteiger partial charge in [-0.1, -0.05) is 26.2 Å². The molecule has 4 heteroatoms. The second kappa shape index (κ2) is 22.0. The Balaban J connectivity index is 3.27. The van der Waals surface area contributed by atoms with Gasteiger partial charge in [0.1, 0.15) is 0 Å². The molecular formula is C24H53O3P. The first kappa shape index (κ1) is 28.3. The molecule has 0 saturated carbocycles. The van der Waals surface area contributed by atoms with Gasteiger partial charge >= 0.3 is 151 Å². The molecule has 0 aromatic heterocycles. The monoisotopic (exact) mass is 420 g/mol. The van der Waals surface area contributed by atoms with Gasteiger partial charge in [0.05, 0.1) is 0 Å². The van der Waals surface area contributed by atoms with Crippen molar-refractivity contribution in [2.45, 2.75) is 142 Å². The summed E-state index contributed by atoms with van der Waals surface area (Å²) in [5.41, 5.74) is 0. The molecule has 0 saturated heterocycles. The van der Waals surface area contributed by atoms with Crippen LogP contribution in [0.3, 0.4) is 0 Å². The Morgan fingerprint density at radius 2 is 0.786 bits per heavy atom. The molecule has 0 bridgehead atoms. The zero-order valence-corrected chi connectivity index (χ0v) is 20.4. The van der Waals surface area contributed by atoms with E-state index in [9.17, 15) is 9.79 Å². The second-order valence-corrected chi connectivity index (χ2v) is 11.0. The summed E-state index contributed by atoms with van der Waals surface area (Å²) >= 11 is 0. The van der Waals surface area contributed by atoms with Crippen LogP contribution in [0.5, 0.6) is 0 Å². The Morgan fingerprint density at radius 1 is 0.464 bits per heavy atom. The Bertz CT molecular complexity index is 298. The third-order valence-electron chi connectivity index (χ3n) is 5.69. The van der Waals surface area contributed by atoms with Gasteiger partial charge in [-0.15, -0.1) is 0 Å². The van der Waals surface area contributed by atoms with Gasteiger partial charge in [-0.2, -0.15) is 0 Å². The van der Waals surface area contributed by atoms with E-state index >= 15 is 0 Å². The zero-order chi connectivity index (χ0) is 20.8. The third-order valence-corrected chi connectivity index (χ3v) is 7.36. The quantitative estimate of drug-likeness (QED) is 0.129. The van der Waals surface area contributed by atoms with Crippen LogP contribution in [0.2, 0.25) is 0 Å². The summed E-state index contributed by atoms with van der Waals surface area (Å²) in [5, 5.41) is 0. The van der Waals surface area contributed by atoms with Crippen LogP contribution in [0.4, 0.5) is 0 Å². The number of hydrogen-bond donors (Lipinski definition) is 2. The van der Waals surface area contributed by atoms with Gasteiger partial charge in [0.25, 0.3) is 0 Å². The SMILES string of the molecule is CCCCCCCCCCCCCCCC[PH](O)(O)OCCCCCCCC. The van der Waals surface area contributed by atoms with E-state index in [1.54, 1.807) is 0 Å². The topological polar surface area (TPSA) is 49.7 Å². The fraction of sp³-hybridized carbons (Fsp3) is 1.00. The van der Waals surface area contributed by atoms with E-state index in [-0.39, 0.29) is 0 Å². The normalized spacial score (nSPS) is 12.6. The van der Waals surface area contributed by atoms with Crippen molar-refractivity contribution in [2.24, 2.45) is 0 Å². The van der Waals surface area contributed by atoms with E-state index in [1.165, 1.54) is 103 Å². The van der Waals surface area contributed by atoms with Crippen molar-refractivity contribution in [2.75, 3.05) is 12.8 Å². The fourth-order valence-electron chi connectivity index (χ4n) is 3.74. The molecule has 0 amide bonds. The van der Waals surface area contributed by atoms with Crippen LogP contribution in [0.1, 0.15) is 142 Å². The van der Waals surface area contributed by atoms with Crippen LogP contribution in [0.15, 0.2) is 0 Å². The number of unbranched alkanes of at least 4 members (excludes halogenated alkanes) is 18. The predicted octanol–water partition coefficient (Wildman–Crippen LogP) is 8.32. The maximum atomic E-state index is 10.0. The fourth-order valence-corrected chi connectivity index (χ4v) is 5.07. The van der Waals surface area contributed by atoms with Crippen molar-refractivity contribution in [1.29, 1.82) is 0 Å². The van der Waals surface area contributed by atoms with Gasteiger partial charge in [-0.25, -0.2) is 0 Å². The van der Waals surface area contributed by atoms with Crippen molar-refractivity contribution in [3.63, 3.8) is 0 Å². The zero-order valence-electron chi connectivity index (χ0n) is 19.4. The van der Waals surface area contributed by atoms with Crippen LogP contribution < -0.4 is 0 Å². The molecule has 0 aromatic carbocycles. The molecule has 3 nitrogen and oxygen atoms in total. The summed E-state index contributed by atoms with van der Waals surface area (Å²) in [4.78, 5) is 20.0. The predicted molar refractivity (Wildman–Crippen MR) is 127 cm³/mol. The minimum absolute atomic E-state index is 0.473. The Hall–Kier alpha value is 0.310. The molecule has 0 heterocycles. The maximum absolute atomic E-state index is 10.0. The summed E-state index contributed by atoms with van der Waals surface area (Å²) in [6.45, 7) is 5.01. The van der Waals surface area contributed by atoms with E-state index in [1.807, 2.05) is 0 Å². The molecule has 0 unspecified atom stereocenters. The van der Waals surface area contributed by atoms with Crippen molar-refractivity contribution in [3.8, 4) is 0 Å². The number of rotatable bonds is 23. The Kier molecular flexibility index (Phi) is 22.2. The average Bonchev–Trinajstić information content (AvgIpc) is 2.67. The van der Waals surface area contributed by atoms with Gasteiger partial charge in [0.15, 0.2) is 0 Å². The minimum atomic E-state index is -3.38. The Labute approximate surface area is 177 Å². The first-order valence-electron chi connectivity index (χ1n) is 12.7. The first-order chi connectivity index (χ1) is 13.6. The summed E-state index contributed by atoms with van der Waals surface area (Å²) in [6.07, 6.45) is 26.1. The average molecular weight is 421 g/mol. The molecule has 172 valence electrons. The molecule has 0 atom stereocenters. The summed E-state index contributed by atoms with van der Waals surface area (Å²) in [6, 6.07) is 0. The van der Waals surface area contributed by atoms with E-state index in [4.69, 9.17) is 4.52 Å². The van der Waals surface area contributed by atoms with Crippen molar-refractivity contribution < 1.29 is 14.3 Å². The summed E-state index contributed by atoms with van der Waals surface area (Å²) < 4.78 is 5.40. The molecule has 0 aliphatic heterocycles. The Morgan fingerprint density at radius 3 is 1.18 bits per heavy atom. The second-order valence-electron chi connectivity index (χ2n) is 8.71. The first-order valence-corrected chi connectivity index (χ1v) is 14.7. The van der Waals surface area contributed by atoms with Gasteiger partial charge in [-0.05, 0) is 0 Å². The molecule has 0 aromatic rings. The van der Waals surface area contributed by atoms with Gasteiger partial charge < -0.3 is 0 Å². The molecule has 0 radical (unpaired) electrons. The van der Waals surface area contributed by atoms with E-state index < -0.39 is 7.94 Å². The molecule has 0 fully saturated rings. The van der Waals surface area contributed by atoms with E-state index in [2.05, 4.69) is 13.8 Å². The van der Waals surface area contributed by atoms with Crippen molar-refractivity contribution >= 4 is 7.94 Å². The molecule has 2 N–H and O–H groups in total. The van der Waals surface area contributed by atoms with Crippen LogP contribution in [0, 0.1) is 0 Å². The van der Waals surface area contributed by atoms with Crippen LogP contribution in [0.25, 0.3) is 0 Å². The molecule has 0 aliphatic carbocycles. The van der Waals surface area contributed by atoms with E-state index in [0.29, 0.717) is 12.8 Å². The van der Waals surface area contributed by atoms with Crippen molar-refractivity contribution in [3.05, 3.63) is 0 Å². The molecule has 0 spiro atoms. The number of hydrogen-bond acceptors (Lipinski definition) is 3. The summed E-state index contributed by atoms with van der Waals surface area (Å²) in [5.74, 6) is 0. The molecular weight excluding hydrogens is 367 g/mol. The molecule has 0 aliphatic rings. The standard InChI is InChI=1S/C24H53O3P/c1-3-5-7-9-11-12-13-14-15-16-17-18-20-22-24-28(25,26)27-23-21-19-10-8-6-4-2/h25-26,28H,3-24H2,1-2H3. The van der Waals surface area contributed by atoms with Crippen molar-refractivity contribution in [1.82, 2.24) is 0 Å². The van der Waals surface area contributed by atoms with Gasteiger partial charge in [-0.3, -0.25) is 0 Å². The van der Waals surface area contributed by atoms with Crippen LogP contribution >= 0.6 is 7.94 Å². The third kappa shape index (κ3) is 22.6. The molecule has 28 heavy (non-hydrogen) atoms. The van der Waals surface area contributed by atoms with Gasteiger partial charge in [0.2, 0.25) is 0 Å². The summed E-state index contributed by atoms with van der Waals surface area (Å²) in [7, 11) is -3.38. The molecule has 0 rings (SSSR count). The van der Waals surface area contributed by atoms with Crippen LogP contribution in [-0.2, 0) is 4.52 Å².